The first-order chi connectivity index (χ1) is 12.9. The molecule has 7 heteroatoms. The van der Waals surface area contributed by atoms with Crippen LogP contribution in [0.5, 0.6) is 0 Å². The minimum atomic E-state index is -3.55. The zero-order valence-corrected chi connectivity index (χ0v) is 15.8. The molecule has 142 valence electrons. The van der Waals surface area contributed by atoms with Crippen LogP contribution in [0, 0.1) is 5.92 Å². The molecule has 0 bridgehead atoms. The van der Waals surface area contributed by atoms with Crippen LogP contribution in [0.15, 0.2) is 51.8 Å². The smallest absolute Gasteiger partial charge is 0.248 e. The average molecular weight is 386 g/mol. The predicted molar refractivity (Wildman–Crippen MR) is 103 cm³/mol. The number of carbonyl (C=O) groups excluding carboxylic acids is 1. The highest BCUT2D eigenvalue weighted by atomic mass is 32.2. The summed E-state index contributed by atoms with van der Waals surface area (Å²) in [5.74, 6) is 2.40. The molecule has 0 saturated heterocycles. The average Bonchev–Trinajstić information content (AvgIpc) is 3.53. The van der Waals surface area contributed by atoms with Crippen LogP contribution < -0.4 is 10.0 Å². The molecule has 6 nitrogen and oxygen atoms in total. The second kappa shape index (κ2) is 6.98. The van der Waals surface area contributed by atoms with Crippen molar-refractivity contribution < 1.29 is 17.6 Å². The van der Waals surface area contributed by atoms with E-state index in [-0.39, 0.29) is 16.8 Å². The van der Waals surface area contributed by atoms with E-state index in [0.29, 0.717) is 23.3 Å². The van der Waals surface area contributed by atoms with Crippen LogP contribution in [-0.4, -0.2) is 20.4 Å². The third-order valence-corrected chi connectivity index (χ3v) is 6.35. The first kappa shape index (κ1) is 18.0. The van der Waals surface area contributed by atoms with Crippen molar-refractivity contribution in [2.45, 2.75) is 43.0 Å². The summed E-state index contributed by atoms with van der Waals surface area (Å²) in [4.78, 5) is 12.3. The van der Waals surface area contributed by atoms with Crippen molar-refractivity contribution >= 4 is 27.7 Å². The van der Waals surface area contributed by atoms with Crippen LogP contribution in [0.1, 0.15) is 43.6 Å². The van der Waals surface area contributed by atoms with Gasteiger partial charge >= 0.3 is 0 Å². The normalized spacial score (nSPS) is 22.1. The second-order valence-corrected chi connectivity index (χ2v) is 9.02. The minimum Gasteiger partial charge on any atom is -0.461 e. The van der Waals surface area contributed by atoms with Gasteiger partial charge in [-0.25, -0.2) is 13.1 Å². The SMILES string of the molecule is CC1CC1c1ccc(/C=C/C(=O)Nc2cccc(S(=O)(=O)NC3CC3)c2)o1. The molecule has 2 atom stereocenters. The van der Waals surface area contributed by atoms with E-state index >= 15 is 0 Å². The van der Waals surface area contributed by atoms with Gasteiger partial charge in [0.05, 0.1) is 4.90 Å². The van der Waals surface area contributed by atoms with E-state index in [2.05, 4.69) is 17.0 Å². The van der Waals surface area contributed by atoms with Crippen LogP contribution in [0.4, 0.5) is 5.69 Å². The molecule has 2 unspecified atom stereocenters. The Morgan fingerprint density at radius 1 is 1.22 bits per heavy atom. The van der Waals surface area contributed by atoms with Gasteiger partial charge < -0.3 is 9.73 Å². The lowest BCUT2D eigenvalue weighted by atomic mass is 10.3. The largest absolute Gasteiger partial charge is 0.461 e. The highest BCUT2D eigenvalue weighted by molar-refractivity contribution is 7.89. The fourth-order valence-corrected chi connectivity index (χ4v) is 4.30. The molecule has 2 aliphatic rings. The Morgan fingerprint density at radius 2 is 2.00 bits per heavy atom. The van der Waals surface area contributed by atoms with Gasteiger partial charge in [-0.3, -0.25) is 4.79 Å². The maximum atomic E-state index is 12.3. The van der Waals surface area contributed by atoms with Crippen molar-refractivity contribution in [1.29, 1.82) is 0 Å². The van der Waals surface area contributed by atoms with E-state index in [9.17, 15) is 13.2 Å². The third-order valence-electron chi connectivity index (χ3n) is 4.83. The van der Waals surface area contributed by atoms with Gasteiger partial charge in [0.15, 0.2) is 0 Å². The van der Waals surface area contributed by atoms with Gasteiger partial charge in [0.25, 0.3) is 0 Å². The molecule has 0 radical (unpaired) electrons. The number of hydrogen-bond acceptors (Lipinski definition) is 4. The Balaban J connectivity index is 1.39. The van der Waals surface area contributed by atoms with Crippen LogP contribution in [0.3, 0.4) is 0 Å². The number of carbonyl (C=O) groups is 1. The quantitative estimate of drug-likeness (QED) is 0.713. The Labute approximate surface area is 158 Å². The van der Waals surface area contributed by atoms with Crippen molar-refractivity contribution in [2.75, 3.05) is 5.32 Å². The van der Waals surface area contributed by atoms with Crippen LogP contribution in [-0.2, 0) is 14.8 Å². The molecule has 1 aromatic heterocycles. The zero-order chi connectivity index (χ0) is 19.0. The number of nitrogens with one attached hydrogen (secondary N) is 2. The topological polar surface area (TPSA) is 88.4 Å². The number of furan rings is 1. The summed E-state index contributed by atoms with van der Waals surface area (Å²) in [6, 6.07) is 10.1. The molecule has 1 heterocycles. The lowest BCUT2D eigenvalue weighted by Gasteiger charge is -2.08. The maximum absolute atomic E-state index is 12.3. The first-order valence-electron chi connectivity index (χ1n) is 9.12. The number of sulfonamides is 1. The first-order valence-corrected chi connectivity index (χ1v) is 10.6. The van der Waals surface area contributed by atoms with Gasteiger partial charge in [0.2, 0.25) is 15.9 Å². The van der Waals surface area contributed by atoms with Gasteiger partial charge in [0, 0.05) is 23.7 Å². The predicted octanol–water partition coefficient (Wildman–Crippen LogP) is 3.50. The molecule has 4 rings (SSSR count). The van der Waals surface area contributed by atoms with Gasteiger partial charge in [-0.05, 0) is 61.6 Å². The van der Waals surface area contributed by atoms with E-state index < -0.39 is 10.0 Å². The molecule has 1 aromatic carbocycles. The van der Waals surface area contributed by atoms with Crippen molar-refractivity contribution in [3.8, 4) is 0 Å². The van der Waals surface area contributed by atoms with Crippen LogP contribution >= 0.6 is 0 Å². The summed E-state index contributed by atoms with van der Waals surface area (Å²) in [5, 5.41) is 2.68. The third kappa shape index (κ3) is 4.48. The molecule has 2 saturated carbocycles. The summed E-state index contributed by atoms with van der Waals surface area (Å²) in [6.07, 6.45) is 5.87. The van der Waals surface area contributed by atoms with Crippen molar-refractivity contribution in [3.63, 3.8) is 0 Å². The Bertz CT molecular complexity index is 989. The number of hydrogen-bond donors (Lipinski definition) is 2. The fraction of sp³-hybridized carbons (Fsp3) is 0.350. The van der Waals surface area contributed by atoms with E-state index in [4.69, 9.17) is 4.42 Å². The molecular formula is C20H22N2O4S. The molecule has 0 aliphatic heterocycles. The van der Waals surface area contributed by atoms with Crippen molar-refractivity contribution in [1.82, 2.24) is 4.72 Å². The monoisotopic (exact) mass is 386 g/mol. The minimum absolute atomic E-state index is 0.0352. The maximum Gasteiger partial charge on any atom is 0.248 e. The lowest BCUT2D eigenvalue weighted by Crippen LogP contribution is -2.25. The summed E-state index contributed by atoms with van der Waals surface area (Å²) in [5.41, 5.74) is 0.426. The van der Waals surface area contributed by atoms with Gasteiger partial charge in [-0.15, -0.1) is 0 Å². The molecule has 2 aromatic rings. The molecule has 2 N–H and O–H groups in total. The number of rotatable bonds is 7. The highest BCUT2D eigenvalue weighted by Gasteiger charge is 2.36. The number of benzene rings is 1. The Hall–Kier alpha value is -2.38. The molecule has 1 amide bonds. The molecule has 27 heavy (non-hydrogen) atoms. The van der Waals surface area contributed by atoms with Gasteiger partial charge in [0.1, 0.15) is 11.5 Å². The number of amides is 1. The van der Waals surface area contributed by atoms with Crippen LogP contribution in [0.2, 0.25) is 0 Å². The highest BCUT2D eigenvalue weighted by Crippen LogP contribution is 2.47. The van der Waals surface area contributed by atoms with Gasteiger partial charge in [-0.2, -0.15) is 0 Å². The summed E-state index contributed by atoms with van der Waals surface area (Å²) < 4.78 is 32.9. The molecule has 2 fully saturated rings. The van der Waals surface area contributed by atoms with Crippen molar-refractivity contribution in [3.05, 3.63) is 54.0 Å². The van der Waals surface area contributed by atoms with Gasteiger partial charge in [-0.1, -0.05) is 13.0 Å². The fourth-order valence-electron chi connectivity index (χ4n) is 2.95. The summed E-state index contributed by atoms with van der Waals surface area (Å²) >= 11 is 0. The molecule has 2 aliphatic carbocycles. The standard InChI is InChI=1S/C20H22N2O4S/c1-13-11-18(13)19-9-7-16(26-19)8-10-20(23)21-15-3-2-4-17(12-15)27(24,25)22-14-5-6-14/h2-4,7-10,12-14,18,22H,5-6,11H2,1H3,(H,21,23)/b10-8+. The van der Waals surface area contributed by atoms with E-state index in [1.54, 1.807) is 18.2 Å². The van der Waals surface area contributed by atoms with Crippen molar-refractivity contribution in [2.24, 2.45) is 5.92 Å². The van der Waals surface area contributed by atoms with E-state index in [1.165, 1.54) is 18.2 Å². The summed E-state index contributed by atoms with van der Waals surface area (Å²) in [6.45, 7) is 2.19. The Kier molecular flexibility index (Phi) is 4.65. The lowest BCUT2D eigenvalue weighted by molar-refractivity contribution is -0.111. The molecular weight excluding hydrogens is 364 g/mol. The second-order valence-electron chi connectivity index (χ2n) is 7.31. The van der Waals surface area contributed by atoms with Crippen LogP contribution in [0.25, 0.3) is 6.08 Å². The van der Waals surface area contributed by atoms with E-state index in [0.717, 1.165) is 25.0 Å². The zero-order valence-electron chi connectivity index (χ0n) is 15.0. The Morgan fingerprint density at radius 3 is 2.70 bits per heavy atom. The number of anilines is 1. The molecule has 0 spiro atoms. The van der Waals surface area contributed by atoms with E-state index in [1.807, 2.05) is 12.1 Å². The summed E-state index contributed by atoms with van der Waals surface area (Å²) in [7, 11) is -3.55.